The third-order valence-electron chi connectivity index (χ3n) is 3.63. The van der Waals surface area contributed by atoms with Gasteiger partial charge >= 0.3 is 0 Å². The number of benzene rings is 1. The van der Waals surface area contributed by atoms with Crippen LogP contribution in [0.25, 0.3) is 0 Å². The molecule has 0 bridgehead atoms. The molecule has 0 aliphatic rings. The highest BCUT2D eigenvalue weighted by molar-refractivity contribution is 6.03. The molecule has 24 heavy (non-hydrogen) atoms. The maximum Gasteiger partial charge on any atom is 0.276 e. The fourth-order valence-electron chi connectivity index (χ4n) is 2.22. The molecule has 1 aromatic carbocycles. The second-order valence-electron chi connectivity index (χ2n) is 6.16. The van der Waals surface area contributed by atoms with Crippen LogP contribution in [0.1, 0.15) is 28.0 Å². The van der Waals surface area contributed by atoms with Crippen LogP contribution in [-0.4, -0.2) is 48.2 Å². The van der Waals surface area contributed by atoms with Gasteiger partial charge in [0.2, 0.25) is 0 Å². The van der Waals surface area contributed by atoms with Crippen LogP contribution in [0.3, 0.4) is 0 Å². The maximum absolute atomic E-state index is 12.3. The molecule has 0 aliphatic carbocycles. The van der Waals surface area contributed by atoms with Crippen LogP contribution in [0.15, 0.2) is 30.3 Å². The van der Waals surface area contributed by atoms with Crippen molar-refractivity contribution in [2.45, 2.75) is 20.3 Å². The minimum absolute atomic E-state index is 0.254. The standard InChI is InChI=1S/C18H25N5O/c1-13-6-7-14(2)16(12-13)20-18(24)15-8-9-17(22-21-15)19-10-5-11-23(3)4/h6-9,12H,5,10-11H2,1-4H3,(H,19,22)(H,20,24). The summed E-state index contributed by atoms with van der Waals surface area (Å²) in [6.07, 6.45) is 1.02. The molecule has 0 saturated heterocycles. The third kappa shape index (κ3) is 5.31. The second-order valence-corrected chi connectivity index (χ2v) is 6.16. The molecular formula is C18H25N5O. The molecule has 6 nitrogen and oxygen atoms in total. The van der Waals surface area contributed by atoms with E-state index in [-0.39, 0.29) is 5.91 Å². The monoisotopic (exact) mass is 327 g/mol. The Labute approximate surface area is 143 Å². The van der Waals surface area contributed by atoms with Crippen molar-refractivity contribution < 1.29 is 4.79 Å². The topological polar surface area (TPSA) is 70.2 Å². The predicted molar refractivity (Wildman–Crippen MR) is 97.6 cm³/mol. The molecule has 2 aromatic rings. The van der Waals surface area contributed by atoms with Gasteiger partial charge in [-0.15, -0.1) is 10.2 Å². The van der Waals surface area contributed by atoms with Crippen molar-refractivity contribution in [3.63, 3.8) is 0 Å². The van der Waals surface area contributed by atoms with E-state index in [9.17, 15) is 4.79 Å². The summed E-state index contributed by atoms with van der Waals surface area (Å²) in [5.74, 6) is 0.424. The lowest BCUT2D eigenvalue weighted by molar-refractivity contribution is 0.102. The molecule has 1 amide bonds. The summed E-state index contributed by atoms with van der Waals surface area (Å²) in [5.41, 5.74) is 3.21. The molecule has 0 spiro atoms. The first-order chi connectivity index (χ1) is 11.5. The maximum atomic E-state index is 12.3. The minimum atomic E-state index is -0.254. The lowest BCUT2D eigenvalue weighted by Crippen LogP contribution is -2.17. The smallest absolute Gasteiger partial charge is 0.276 e. The zero-order chi connectivity index (χ0) is 17.5. The number of hydrogen-bond donors (Lipinski definition) is 2. The lowest BCUT2D eigenvalue weighted by Gasteiger charge is -2.10. The molecule has 0 fully saturated rings. The molecule has 2 rings (SSSR count). The lowest BCUT2D eigenvalue weighted by atomic mass is 10.1. The molecule has 2 N–H and O–H groups in total. The summed E-state index contributed by atoms with van der Waals surface area (Å²) in [4.78, 5) is 14.4. The quantitative estimate of drug-likeness (QED) is 0.765. The van der Waals surface area contributed by atoms with Gasteiger partial charge in [-0.05, 0) is 70.2 Å². The van der Waals surface area contributed by atoms with Crippen LogP contribution in [0.4, 0.5) is 11.5 Å². The summed E-state index contributed by atoms with van der Waals surface area (Å²) < 4.78 is 0. The molecule has 1 aromatic heterocycles. The number of amides is 1. The molecule has 1 heterocycles. The van der Waals surface area contributed by atoms with Crippen molar-refractivity contribution in [2.24, 2.45) is 0 Å². The molecule has 128 valence electrons. The van der Waals surface area contributed by atoms with Crippen LogP contribution in [0.2, 0.25) is 0 Å². The van der Waals surface area contributed by atoms with E-state index in [0.29, 0.717) is 11.5 Å². The zero-order valence-electron chi connectivity index (χ0n) is 14.8. The first kappa shape index (κ1) is 17.9. The van der Waals surface area contributed by atoms with Crippen molar-refractivity contribution in [3.8, 4) is 0 Å². The zero-order valence-corrected chi connectivity index (χ0v) is 14.8. The average molecular weight is 327 g/mol. The van der Waals surface area contributed by atoms with Gasteiger partial charge in [0.15, 0.2) is 5.69 Å². The van der Waals surface area contributed by atoms with E-state index < -0.39 is 0 Å². The van der Waals surface area contributed by atoms with Crippen molar-refractivity contribution in [3.05, 3.63) is 47.2 Å². The van der Waals surface area contributed by atoms with Crippen LogP contribution in [-0.2, 0) is 0 Å². The second kappa shape index (κ2) is 8.40. The van der Waals surface area contributed by atoms with Gasteiger partial charge < -0.3 is 15.5 Å². The summed E-state index contributed by atoms with van der Waals surface area (Å²) in [5, 5.41) is 14.2. The van der Waals surface area contributed by atoms with Crippen LogP contribution in [0, 0.1) is 13.8 Å². The number of aryl methyl sites for hydroxylation is 2. The van der Waals surface area contributed by atoms with E-state index in [0.717, 1.165) is 36.3 Å². The molecule has 0 radical (unpaired) electrons. The Kier molecular flexibility index (Phi) is 6.26. The third-order valence-corrected chi connectivity index (χ3v) is 3.63. The van der Waals surface area contributed by atoms with Crippen LogP contribution < -0.4 is 10.6 Å². The number of anilines is 2. The predicted octanol–water partition coefficient (Wildman–Crippen LogP) is 2.71. The molecular weight excluding hydrogens is 302 g/mol. The van der Waals surface area contributed by atoms with Crippen LogP contribution in [0.5, 0.6) is 0 Å². The Morgan fingerprint density at radius 3 is 2.58 bits per heavy atom. The van der Waals surface area contributed by atoms with Gasteiger partial charge in [0.1, 0.15) is 5.82 Å². The summed E-state index contributed by atoms with van der Waals surface area (Å²) in [6.45, 7) is 5.78. The summed E-state index contributed by atoms with van der Waals surface area (Å²) >= 11 is 0. The normalized spacial score (nSPS) is 10.7. The van der Waals surface area contributed by atoms with Crippen molar-refractivity contribution in [1.82, 2.24) is 15.1 Å². The first-order valence-corrected chi connectivity index (χ1v) is 8.06. The van der Waals surface area contributed by atoms with E-state index in [2.05, 4.69) is 25.7 Å². The SMILES string of the molecule is Cc1ccc(C)c(NC(=O)c2ccc(NCCCN(C)C)nn2)c1. The van der Waals surface area contributed by atoms with Gasteiger partial charge in [0.05, 0.1) is 0 Å². The highest BCUT2D eigenvalue weighted by Gasteiger charge is 2.10. The van der Waals surface area contributed by atoms with E-state index in [4.69, 9.17) is 0 Å². The Morgan fingerprint density at radius 1 is 1.12 bits per heavy atom. The minimum Gasteiger partial charge on any atom is -0.369 e. The van der Waals surface area contributed by atoms with Gasteiger partial charge in [-0.25, -0.2) is 0 Å². The summed E-state index contributed by atoms with van der Waals surface area (Å²) in [7, 11) is 4.09. The van der Waals surface area contributed by atoms with Gasteiger partial charge in [-0.2, -0.15) is 0 Å². The largest absolute Gasteiger partial charge is 0.369 e. The Bertz CT molecular complexity index is 682. The molecule has 6 heteroatoms. The fourth-order valence-corrected chi connectivity index (χ4v) is 2.22. The number of rotatable bonds is 7. The average Bonchev–Trinajstić information content (AvgIpc) is 2.55. The number of hydrogen-bond acceptors (Lipinski definition) is 5. The van der Waals surface area contributed by atoms with Crippen LogP contribution >= 0.6 is 0 Å². The number of aromatic nitrogens is 2. The van der Waals surface area contributed by atoms with E-state index >= 15 is 0 Å². The molecule has 0 aliphatic heterocycles. The van der Waals surface area contributed by atoms with Gasteiger partial charge in [0.25, 0.3) is 5.91 Å². The summed E-state index contributed by atoms with van der Waals surface area (Å²) in [6, 6.07) is 9.41. The van der Waals surface area contributed by atoms with Gasteiger partial charge in [-0.1, -0.05) is 12.1 Å². The Morgan fingerprint density at radius 2 is 1.92 bits per heavy atom. The highest BCUT2D eigenvalue weighted by Crippen LogP contribution is 2.17. The highest BCUT2D eigenvalue weighted by atomic mass is 16.1. The fraction of sp³-hybridized carbons (Fsp3) is 0.389. The number of nitrogens with zero attached hydrogens (tertiary/aromatic N) is 3. The Hall–Kier alpha value is -2.47. The van der Waals surface area contributed by atoms with Gasteiger partial charge in [0, 0.05) is 12.2 Å². The number of carbonyl (C=O) groups is 1. The van der Waals surface area contributed by atoms with E-state index in [1.807, 2.05) is 46.1 Å². The van der Waals surface area contributed by atoms with Crippen molar-refractivity contribution in [1.29, 1.82) is 0 Å². The van der Waals surface area contributed by atoms with E-state index in [1.54, 1.807) is 12.1 Å². The number of carbonyl (C=O) groups excluding carboxylic acids is 1. The van der Waals surface area contributed by atoms with Crippen molar-refractivity contribution >= 4 is 17.4 Å². The van der Waals surface area contributed by atoms with Crippen molar-refractivity contribution in [2.75, 3.05) is 37.8 Å². The molecule has 0 unspecified atom stereocenters. The first-order valence-electron chi connectivity index (χ1n) is 8.06. The molecule has 0 atom stereocenters. The Balaban J connectivity index is 1.92. The van der Waals surface area contributed by atoms with Gasteiger partial charge in [-0.3, -0.25) is 4.79 Å². The number of nitrogens with one attached hydrogen (secondary N) is 2. The van der Waals surface area contributed by atoms with E-state index in [1.165, 1.54) is 0 Å². The molecule has 0 saturated carbocycles.